The number of hydrogen-bond donors (Lipinski definition) is 3. The maximum atomic E-state index is 11.8. The van der Waals surface area contributed by atoms with E-state index in [2.05, 4.69) is 10.6 Å². The lowest BCUT2D eigenvalue weighted by Gasteiger charge is -2.21. The minimum atomic E-state index is -0.157. The Bertz CT molecular complexity index is 514. The summed E-state index contributed by atoms with van der Waals surface area (Å²) in [5.74, 6) is -0.226. The van der Waals surface area contributed by atoms with Crippen molar-refractivity contribution in [2.75, 3.05) is 30.8 Å². The normalized spacial score (nSPS) is 10.3. The van der Waals surface area contributed by atoms with Crippen LogP contribution < -0.4 is 21.3 Å². The fourth-order valence-corrected chi connectivity index (χ4v) is 1.97. The molecule has 0 aliphatic rings. The highest BCUT2D eigenvalue weighted by atomic mass is 16.2. The summed E-state index contributed by atoms with van der Waals surface area (Å²) < 4.78 is 0. The lowest BCUT2D eigenvalue weighted by Crippen LogP contribution is -2.38. The molecule has 1 aromatic carbocycles. The van der Waals surface area contributed by atoms with Gasteiger partial charge in [0.1, 0.15) is 0 Å². The van der Waals surface area contributed by atoms with Crippen LogP contribution in [0.2, 0.25) is 0 Å². The highest BCUT2D eigenvalue weighted by Crippen LogP contribution is 2.23. The van der Waals surface area contributed by atoms with Gasteiger partial charge in [-0.05, 0) is 39.0 Å². The molecule has 6 heteroatoms. The second-order valence-corrected chi connectivity index (χ2v) is 5.21. The number of anilines is 2. The number of nitrogen functional groups attached to an aromatic ring is 1. The second kappa shape index (κ2) is 7.52. The third-order valence-corrected chi connectivity index (χ3v) is 2.87. The third-order valence-electron chi connectivity index (χ3n) is 2.87. The molecule has 0 bridgehead atoms. The molecule has 0 unspecified atom stereocenters. The molecular weight excluding hydrogens is 268 g/mol. The van der Waals surface area contributed by atoms with Crippen molar-refractivity contribution in [2.24, 2.45) is 0 Å². The van der Waals surface area contributed by atoms with Gasteiger partial charge in [0.15, 0.2) is 0 Å². The number of nitrogens with zero attached hydrogens (tertiary/aromatic N) is 1. The molecule has 0 saturated heterocycles. The number of nitrogens with two attached hydrogens (primary N) is 1. The summed E-state index contributed by atoms with van der Waals surface area (Å²) in [5.41, 5.74) is 7.69. The van der Waals surface area contributed by atoms with Crippen LogP contribution in [0.1, 0.15) is 31.1 Å². The van der Waals surface area contributed by atoms with Gasteiger partial charge in [0, 0.05) is 25.2 Å². The Morgan fingerprint density at radius 1 is 1.33 bits per heavy atom. The summed E-state index contributed by atoms with van der Waals surface area (Å²) in [6, 6.07) is 5.18. The highest BCUT2D eigenvalue weighted by molar-refractivity contribution is 5.96. The van der Waals surface area contributed by atoms with Gasteiger partial charge in [0.2, 0.25) is 5.91 Å². The molecule has 0 radical (unpaired) electrons. The molecule has 4 N–H and O–H groups in total. The van der Waals surface area contributed by atoms with Crippen LogP contribution in [-0.4, -0.2) is 38.0 Å². The van der Waals surface area contributed by atoms with Crippen LogP contribution in [0.25, 0.3) is 0 Å². The van der Waals surface area contributed by atoms with Crippen molar-refractivity contribution in [1.29, 1.82) is 0 Å². The first-order valence-corrected chi connectivity index (χ1v) is 7.03. The minimum absolute atomic E-state index is 0.0697. The largest absolute Gasteiger partial charge is 0.397 e. The molecule has 0 fully saturated rings. The number of benzene rings is 1. The van der Waals surface area contributed by atoms with Crippen LogP contribution in [0.5, 0.6) is 0 Å². The first kappa shape index (κ1) is 16.8. The van der Waals surface area contributed by atoms with Crippen molar-refractivity contribution >= 4 is 23.2 Å². The van der Waals surface area contributed by atoms with Gasteiger partial charge >= 0.3 is 0 Å². The SMILES string of the molecule is CCNC(=O)c1ccc(N(C)CC(=O)NC(C)C)c(N)c1. The molecule has 6 nitrogen and oxygen atoms in total. The van der Waals surface area contributed by atoms with Crippen molar-refractivity contribution < 1.29 is 9.59 Å². The maximum Gasteiger partial charge on any atom is 0.251 e. The lowest BCUT2D eigenvalue weighted by atomic mass is 10.1. The minimum Gasteiger partial charge on any atom is -0.397 e. The summed E-state index contributed by atoms with van der Waals surface area (Å²) in [6.07, 6.45) is 0. The summed E-state index contributed by atoms with van der Waals surface area (Å²) in [7, 11) is 1.79. The molecule has 21 heavy (non-hydrogen) atoms. The fraction of sp³-hybridized carbons (Fsp3) is 0.467. The van der Waals surface area contributed by atoms with E-state index in [0.29, 0.717) is 17.8 Å². The van der Waals surface area contributed by atoms with E-state index in [9.17, 15) is 9.59 Å². The number of carbonyl (C=O) groups is 2. The van der Waals surface area contributed by atoms with Crippen LogP contribution in [0, 0.1) is 0 Å². The first-order chi connectivity index (χ1) is 9.85. The monoisotopic (exact) mass is 292 g/mol. The number of likely N-dealkylation sites (N-methyl/N-ethyl adjacent to an activating group) is 1. The number of amides is 2. The molecule has 0 saturated carbocycles. The number of rotatable bonds is 6. The lowest BCUT2D eigenvalue weighted by molar-refractivity contribution is -0.120. The second-order valence-electron chi connectivity index (χ2n) is 5.21. The van der Waals surface area contributed by atoms with Gasteiger partial charge in [-0.3, -0.25) is 9.59 Å². The summed E-state index contributed by atoms with van der Waals surface area (Å²) >= 11 is 0. The first-order valence-electron chi connectivity index (χ1n) is 7.03. The predicted octanol–water partition coefficient (Wildman–Crippen LogP) is 0.979. The Kier molecular flexibility index (Phi) is 6.02. The Morgan fingerprint density at radius 2 is 2.00 bits per heavy atom. The van der Waals surface area contributed by atoms with E-state index >= 15 is 0 Å². The number of carbonyl (C=O) groups excluding carboxylic acids is 2. The molecule has 0 aliphatic carbocycles. The van der Waals surface area contributed by atoms with Gasteiger partial charge in [-0.15, -0.1) is 0 Å². The van der Waals surface area contributed by atoms with Crippen LogP contribution in [0.4, 0.5) is 11.4 Å². The van der Waals surface area contributed by atoms with Gasteiger partial charge < -0.3 is 21.3 Å². The maximum absolute atomic E-state index is 11.8. The van der Waals surface area contributed by atoms with Crippen molar-refractivity contribution in [3.8, 4) is 0 Å². The molecule has 2 amide bonds. The Hall–Kier alpha value is -2.24. The Morgan fingerprint density at radius 3 is 2.52 bits per heavy atom. The van der Waals surface area contributed by atoms with E-state index < -0.39 is 0 Å². The predicted molar refractivity (Wildman–Crippen MR) is 85.4 cm³/mol. The van der Waals surface area contributed by atoms with E-state index in [1.54, 1.807) is 30.1 Å². The fourth-order valence-electron chi connectivity index (χ4n) is 1.97. The van der Waals surface area contributed by atoms with Gasteiger partial charge in [0.05, 0.1) is 17.9 Å². The topological polar surface area (TPSA) is 87.5 Å². The molecule has 0 aliphatic heterocycles. The van der Waals surface area contributed by atoms with Crippen molar-refractivity contribution in [3.05, 3.63) is 23.8 Å². The molecular formula is C15H24N4O2. The zero-order valence-electron chi connectivity index (χ0n) is 13.1. The van der Waals surface area contributed by atoms with Crippen LogP contribution in [0.15, 0.2) is 18.2 Å². The van der Waals surface area contributed by atoms with E-state index in [0.717, 1.165) is 5.69 Å². The quantitative estimate of drug-likeness (QED) is 0.682. The van der Waals surface area contributed by atoms with Crippen LogP contribution in [0.3, 0.4) is 0 Å². The molecule has 1 aromatic rings. The van der Waals surface area contributed by atoms with Gasteiger partial charge in [-0.2, -0.15) is 0 Å². The Labute approximate surface area is 125 Å². The Balaban J connectivity index is 2.79. The van der Waals surface area contributed by atoms with Crippen molar-refractivity contribution in [3.63, 3.8) is 0 Å². The molecule has 1 rings (SSSR count). The van der Waals surface area contributed by atoms with Crippen LogP contribution >= 0.6 is 0 Å². The zero-order chi connectivity index (χ0) is 16.0. The molecule has 0 spiro atoms. The van der Waals surface area contributed by atoms with E-state index in [4.69, 9.17) is 5.73 Å². The zero-order valence-corrected chi connectivity index (χ0v) is 13.1. The van der Waals surface area contributed by atoms with Crippen molar-refractivity contribution in [2.45, 2.75) is 26.8 Å². The van der Waals surface area contributed by atoms with Gasteiger partial charge in [-0.1, -0.05) is 0 Å². The molecule has 0 aromatic heterocycles. The van der Waals surface area contributed by atoms with E-state index in [1.165, 1.54) is 0 Å². The smallest absolute Gasteiger partial charge is 0.251 e. The van der Waals surface area contributed by atoms with Gasteiger partial charge in [-0.25, -0.2) is 0 Å². The standard InChI is InChI=1S/C15H24N4O2/c1-5-17-15(21)11-6-7-13(12(16)8-11)19(4)9-14(20)18-10(2)3/h6-8,10H,5,9,16H2,1-4H3,(H,17,21)(H,18,20). The average Bonchev–Trinajstić information content (AvgIpc) is 2.37. The van der Waals surface area contributed by atoms with Gasteiger partial charge in [0.25, 0.3) is 5.91 Å². The van der Waals surface area contributed by atoms with Crippen molar-refractivity contribution in [1.82, 2.24) is 10.6 Å². The molecule has 116 valence electrons. The van der Waals surface area contributed by atoms with E-state index in [-0.39, 0.29) is 24.4 Å². The number of hydrogen-bond acceptors (Lipinski definition) is 4. The average molecular weight is 292 g/mol. The van der Waals surface area contributed by atoms with Crippen LogP contribution in [-0.2, 0) is 4.79 Å². The third kappa shape index (κ3) is 4.98. The summed E-state index contributed by atoms with van der Waals surface area (Å²) in [4.78, 5) is 25.2. The highest BCUT2D eigenvalue weighted by Gasteiger charge is 2.13. The summed E-state index contributed by atoms with van der Waals surface area (Å²) in [6.45, 7) is 6.45. The summed E-state index contributed by atoms with van der Waals surface area (Å²) in [5, 5.41) is 5.54. The van der Waals surface area contributed by atoms with E-state index in [1.807, 2.05) is 20.8 Å². The molecule has 0 heterocycles. The number of nitrogens with one attached hydrogen (secondary N) is 2. The molecule has 0 atom stereocenters.